The van der Waals surface area contributed by atoms with Crippen LogP contribution in [-0.2, 0) is 11.4 Å². The van der Waals surface area contributed by atoms with Crippen molar-refractivity contribution in [3.63, 3.8) is 0 Å². The van der Waals surface area contributed by atoms with Crippen molar-refractivity contribution in [2.75, 3.05) is 37.7 Å². The van der Waals surface area contributed by atoms with Gasteiger partial charge in [-0.15, -0.1) is 0 Å². The van der Waals surface area contributed by atoms with Gasteiger partial charge in [-0.2, -0.15) is 0 Å². The lowest BCUT2D eigenvalue weighted by molar-refractivity contribution is -0.133. The molecule has 0 unspecified atom stereocenters. The Morgan fingerprint density at radius 1 is 0.774 bits per heavy atom. The van der Waals surface area contributed by atoms with Crippen LogP contribution in [0.5, 0.6) is 11.5 Å². The number of rotatable bonds is 7. The molecule has 1 fully saturated rings. The van der Waals surface area contributed by atoms with Crippen LogP contribution in [0.3, 0.4) is 0 Å². The Morgan fingerprint density at radius 2 is 1.39 bits per heavy atom. The summed E-state index contributed by atoms with van der Waals surface area (Å²) in [5.41, 5.74) is 1.68. The second kappa shape index (κ2) is 9.98. The molecule has 1 aliphatic rings. The fourth-order valence-electron chi connectivity index (χ4n) is 3.51. The van der Waals surface area contributed by atoms with Crippen molar-refractivity contribution in [3.8, 4) is 11.5 Å². The summed E-state index contributed by atoms with van der Waals surface area (Å²) in [6, 6.07) is 23.9. The Hall–Kier alpha value is -3.54. The van der Waals surface area contributed by atoms with E-state index in [2.05, 4.69) is 0 Å². The molecule has 0 bridgehead atoms. The topological polar surface area (TPSA) is 42.0 Å². The lowest BCUT2D eigenvalue weighted by Crippen LogP contribution is -2.50. The molecule has 1 amide bonds. The van der Waals surface area contributed by atoms with Crippen molar-refractivity contribution in [2.45, 2.75) is 6.61 Å². The summed E-state index contributed by atoms with van der Waals surface area (Å²) >= 11 is 0. The number of piperazine rings is 1. The van der Waals surface area contributed by atoms with E-state index in [-0.39, 0.29) is 18.3 Å². The minimum absolute atomic E-state index is 0.0239. The summed E-state index contributed by atoms with van der Waals surface area (Å²) in [5, 5.41) is 0. The van der Waals surface area contributed by atoms with E-state index >= 15 is 0 Å². The van der Waals surface area contributed by atoms with Gasteiger partial charge in [-0.05, 0) is 42.0 Å². The summed E-state index contributed by atoms with van der Waals surface area (Å²) in [7, 11) is 0. The van der Waals surface area contributed by atoms with Crippen LogP contribution in [-0.4, -0.2) is 43.6 Å². The van der Waals surface area contributed by atoms with E-state index in [1.165, 1.54) is 6.07 Å². The van der Waals surface area contributed by atoms with Gasteiger partial charge in [0.2, 0.25) is 0 Å². The van der Waals surface area contributed by atoms with Gasteiger partial charge in [0.15, 0.2) is 6.61 Å². The molecule has 6 heteroatoms. The monoisotopic (exact) mass is 420 g/mol. The highest BCUT2D eigenvalue weighted by atomic mass is 19.1. The van der Waals surface area contributed by atoms with E-state index in [9.17, 15) is 9.18 Å². The Bertz CT molecular complexity index is 987. The van der Waals surface area contributed by atoms with Gasteiger partial charge in [0.25, 0.3) is 5.91 Å². The third kappa shape index (κ3) is 5.54. The van der Waals surface area contributed by atoms with Crippen molar-refractivity contribution in [1.29, 1.82) is 0 Å². The average Bonchev–Trinajstić information content (AvgIpc) is 2.83. The third-order valence-corrected chi connectivity index (χ3v) is 5.26. The Kier molecular flexibility index (Phi) is 6.67. The highest BCUT2D eigenvalue weighted by Crippen LogP contribution is 2.21. The van der Waals surface area contributed by atoms with Crippen LogP contribution in [0, 0.1) is 5.82 Å². The number of hydrogen-bond acceptors (Lipinski definition) is 4. The summed E-state index contributed by atoms with van der Waals surface area (Å²) in [6.45, 7) is 2.76. The summed E-state index contributed by atoms with van der Waals surface area (Å²) in [4.78, 5) is 16.2. The molecule has 160 valence electrons. The van der Waals surface area contributed by atoms with Crippen LogP contribution in [0.25, 0.3) is 0 Å². The van der Waals surface area contributed by atoms with Gasteiger partial charge in [-0.3, -0.25) is 4.79 Å². The molecule has 1 aliphatic heterocycles. The van der Waals surface area contributed by atoms with Gasteiger partial charge < -0.3 is 19.3 Å². The quantitative estimate of drug-likeness (QED) is 0.576. The highest BCUT2D eigenvalue weighted by Gasteiger charge is 2.22. The summed E-state index contributed by atoms with van der Waals surface area (Å²) in [5.74, 6) is 1.05. The first kappa shape index (κ1) is 20.7. The van der Waals surface area contributed by atoms with Crippen molar-refractivity contribution >= 4 is 11.6 Å². The number of benzene rings is 3. The van der Waals surface area contributed by atoms with Crippen molar-refractivity contribution in [2.24, 2.45) is 0 Å². The number of ether oxygens (including phenoxy) is 2. The number of nitrogens with zero attached hydrogens (tertiary/aromatic N) is 2. The molecule has 0 radical (unpaired) electrons. The second-order valence-electron chi connectivity index (χ2n) is 7.35. The van der Waals surface area contributed by atoms with Crippen molar-refractivity contribution in [1.82, 2.24) is 4.90 Å². The number of carbonyl (C=O) groups is 1. The maximum Gasteiger partial charge on any atom is 0.260 e. The van der Waals surface area contributed by atoms with Crippen molar-refractivity contribution < 1.29 is 18.7 Å². The predicted octanol–water partition coefficient (Wildman–Crippen LogP) is 4.13. The van der Waals surface area contributed by atoms with Gasteiger partial charge in [-0.25, -0.2) is 4.39 Å². The van der Waals surface area contributed by atoms with Crippen LogP contribution in [0.15, 0.2) is 78.9 Å². The molecule has 0 N–H and O–H groups in total. The van der Waals surface area contributed by atoms with E-state index in [0.717, 1.165) is 11.3 Å². The Morgan fingerprint density at radius 3 is 2.06 bits per heavy atom. The van der Waals surface area contributed by atoms with Crippen LogP contribution in [0.1, 0.15) is 5.56 Å². The summed E-state index contributed by atoms with van der Waals surface area (Å²) in [6.07, 6.45) is 0. The lowest BCUT2D eigenvalue weighted by atomic mass is 10.2. The fourth-order valence-corrected chi connectivity index (χ4v) is 3.51. The van der Waals surface area contributed by atoms with Crippen LogP contribution in [0.2, 0.25) is 0 Å². The van der Waals surface area contributed by atoms with E-state index in [1.807, 2.05) is 53.4 Å². The smallest absolute Gasteiger partial charge is 0.260 e. The first-order chi connectivity index (χ1) is 15.2. The van der Waals surface area contributed by atoms with E-state index < -0.39 is 0 Å². The molecule has 1 saturated heterocycles. The third-order valence-electron chi connectivity index (χ3n) is 5.26. The molecule has 0 aromatic heterocycles. The summed E-state index contributed by atoms with van der Waals surface area (Å²) < 4.78 is 25.4. The number of hydrogen-bond donors (Lipinski definition) is 0. The predicted molar refractivity (Wildman–Crippen MR) is 118 cm³/mol. The van der Waals surface area contributed by atoms with Crippen molar-refractivity contribution in [3.05, 3.63) is 90.2 Å². The van der Waals surface area contributed by atoms with Gasteiger partial charge in [0.1, 0.15) is 23.9 Å². The Balaban J connectivity index is 1.21. The molecule has 0 spiro atoms. The normalized spacial score (nSPS) is 13.7. The number of carbonyl (C=O) groups excluding carboxylic acids is 1. The number of halogens is 1. The molecular formula is C25H25FN2O3. The molecule has 0 saturated carbocycles. The maximum absolute atomic E-state index is 14.0. The zero-order valence-corrected chi connectivity index (χ0v) is 17.2. The average molecular weight is 420 g/mol. The molecule has 1 heterocycles. The number of anilines is 1. The van der Waals surface area contributed by atoms with Gasteiger partial charge in [0, 0.05) is 26.2 Å². The zero-order chi connectivity index (χ0) is 21.5. The number of para-hydroxylation sites is 1. The van der Waals surface area contributed by atoms with Crippen LogP contribution >= 0.6 is 0 Å². The first-order valence-electron chi connectivity index (χ1n) is 10.4. The minimum atomic E-state index is -0.234. The standard InChI is InChI=1S/C25H25FN2O3/c26-23-8-4-5-9-24(23)27-14-16-28(17-15-27)25(29)19-31-22-12-10-21(11-13-22)30-18-20-6-2-1-3-7-20/h1-13H,14-19H2. The maximum atomic E-state index is 14.0. The lowest BCUT2D eigenvalue weighted by Gasteiger charge is -2.36. The molecule has 4 rings (SSSR count). The minimum Gasteiger partial charge on any atom is -0.489 e. The van der Waals surface area contributed by atoms with Gasteiger partial charge in [-0.1, -0.05) is 42.5 Å². The van der Waals surface area contributed by atoms with Crippen LogP contribution in [0.4, 0.5) is 10.1 Å². The largest absolute Gasteiger partial charge is 0.489 e. The fraction of sp³-hybridized carbons (Fsp3) is 0.240. The van der Waals surface area contributed by atoms with E-state index in [4.69, 9.17) is 9.47 Å². The molecule has 3 aromatic rings. The molecule has 3 aromatic carbocycles. The Labute approximate surface area is 181 Å². The van der Waals surface area contributed by atoms with E-state index in [1.54, 1.807) is 29.2 Å². The highest BCUT2D eigenvalue weighted by molar-refractivity contribution is 5.78. The molecule has 31 heavy (non-hydrogen) atoms. The molecular weight excluding hydrogens is 395 g/mol. The molecule has 0 atom stereocenters. The van der Waals surface area contributed by atoms with Crippen LogP contribution < -0.4 is 14.4 Å². The first-order valence-corrected chi connectivity index (χ1v) is 10.4. The zero-order valence-electron chi connectivity index (χ0n) is 17.2. The number of amides is 1. The van der Waals surface area contributed by atoms with E-state index in [0.29, 0.717) is 44.2 Å². The van der Waals surface area contributed by atoms with Gasteiger partial charge >= 0.3 is 0 Å². The van der Waals surface area contributed by atoms with Gasteiger partial charge in [0.05, 0.1) is 5.69 Å². The SMILES string of the molecule is O=C(COc1ccc(OCc2ccccc2)cc1)N1CCN(c2ccccc2F)CC1. The second-order valence-corrected chi connectivity index (χ2v) is 7.35. The molecule has 0 aliphatic carbocycles. The molecule has 5 nitrogen and oxygen atoms in total.